The van der Waals surface area contributed by atoms with Crippen molar-refractivity contribution in [2.24, 2.45) is 0 Å². The average molecular weight is 294 g/mol. The highest BCUT2D eigenvalue weighted by molar-refractivity contribution is 7.48. The molecule has 0 N–H and O–H groups in total. The maximum Gasteiger partial charge on any atom is 0.475 e. The first kappa shape index (κ1) is 15.2. The Morgan fingerprint density at radius 2 is 1.55 bits per heavy atom. The van der Waals surface area contributed by atoms with Gasteiger partial charge in [0.25, 0.3) is 0 Å². The molecule has 4 nitrogen and oxygen atoms in total. The summed E-state index contributed by atoms with van der Waals surface area (Å²) in [6.07, 6.45) is 0. The van der Waals surface area contributed by atoms with E-state index in [2.05, 4.69) is 0 Å². The van der Waals surface area contributed by atoms with Crippen molar-refractivity contribution >= 4 is 18.6 Å². The maximum atomic E-state index is 12.2. The lowest BCUT2D eigenvalue weighted by Crippen LogP contribution is -2.00. The molecule has 0 aliphatic heterocycles. The summed E-state index contributed by atoms with van der Waals surface area (Å²) < 4.78 is 27.7. The van der Waals surface area contributed by atoms with Crippen LogP contribution in [0.15, 0.2) is 42.5 Å². The maximum absolute atomic E-state index is 12.2. The zero-order valence-electron chi connectivity index (χ0n) is 11.7. The fraction of sp³-hybridized carbons (Fsp3) is 0.333. The third-order valence-electron chi connectivity index (χ3n) is 2.78. The van der Waals surface area contributed by atoms with Gasteiger partial charge in [0.1, 0.15) is 0 Å². The van der Waals surface area contributed by atoms with E-state index in [-0.39, 0.29) is 19.8 Å². The fourth-order valence-electron chi connectivity index (χ4n) is 1.91. The van der Waals surface area contributed by atoms with E-state index in [0.29, 0.717) is 0 Å². The Morgan fingerprint density at radius 3 is 2.20 bits per heavy atom. The van der Waals surface area contributed by atoms with Crippen molar-refractivity contribution in [2.45, 2.75) is 20.5 Å². The summed E-state index contributed by atoms with van der Waals surface area (Å²) in [6.45, 7) is 4.28. The van der Waals surface area contributed by atoms with Crippen LogP contribution in [0.2, 0.25) is 0 Å². The van der Waals surface area contributed by atoms with Gasteiger partial charge in [-0.25, -0.2) is 4.57 Å². The van der Waals surface area contributed by atoms with E-state index in [1.807, 2.05) is 42.5 Å². The predicted molar refractivity (Wildman–Crippen MR) is 79.6 cm³/mol. The zero-order chi connectivity index (χ0) is 14.4. The average Bonchev–Trinajstić information content (AvgIpc) is 2.46. The van der Waals surface area contributed by atoms with Gasteiger partial charge in [0.15, 0.2) is 0 Å². The van der Waals surface area contributed by atoms with Crippen molar-refractivity contribution < 1.29 is 18.1 Å². The Hall–Kier alpha value is -1.19. The lowest BCUT2D eigenvalue weighted by molar-refractivity contribution is 0.116. The second-order valence-electron chi connectivity index (χ2n) is 4.24. The highest BCUT2D eigenvalue weighted by Crippen LogP contribution is 2.49. The van der Waals surface area contributed by atoms with E-state index in [1.165, 1.54) is 0 Å². The molecule has 0 spiro atoms. The molecular weight excluding hydrogens is 275 g/mol. The van der Waals surface area contributed by atoms with Gasteiger partial charge in [-0.3, -0.25) is 13.6 Å². The normalized spacial score (nSPS) is 11.9. The number of phosphoric ester groups is 1. The fourth-order valence-corrected chi connectivity index (χ4v) is 3.07. The summed E-state index contributed by atoms with van der Waals surface area (Å²) in [7, 11) is -3.45. The van der Waals surface area contributed by atoms with E-state index < -0.39 is 7.82 Å². The Balaban J connectivity index is 2.09. The van der Waals surface area contributed by atoms with Gasteiger partial charge < -0.3 is 0 Å². The van der Waals surface area contributed by atoms with Crippen LogP contribution in [0.3, 0.4) is 0 Å². The topological polar surface area (TPSA) is 44.8 Å². The Morgan fingerprint density at radius 1 is 0.900 bits per heavy atom. The number of rotatable bonds is 7. The van der Waals surface area contributed by atoms with Crippen LogP contribution < -0.4 is 0 Å². The molecule has 0 atom stereocenters. The van der Waals surface area contributed by atoms with Crippen molar-refractivity contribution in [3.8, 4) is 0 Å². The largest absolute Gasteiger partial charge is 0.475 e. The van der Waals surface area contributed by atoms with Crippen LogP contribution in [-0.4, -0.2) is 13.2 Å². The first-order chi connectivity index (χ1) is 9.67. The van der Waals surface area contributed by atoms with Gasteiger partial charge in [0.2, 0.25) is 0 Å². The van der Waals surface area contributed by atoms with E-state index in [0.717, 1.165) is 16.3 Å². The van der Waals surface area contributed by atoms with Gasteiger partial charge in [0, 0.05) is 0 Å². The minimum atomic E-state index is -3.45. The molecule has 20 heavy (non-hydrogen) atoms. The molecule has 2 aromatic rings. The highest BCUT2D eigenvalue weighted by atomic mass is 31.2. The molecule has 0 saturated heterocycles. The lowest BCUT2D eigenvalue weighted by Gasteiger charge is -2.16. The SMILES string of the molecule is CCOP(=O)(OCC)OCc1ccc2ccccc2c1. The quantitative estimate of drug-likeness (QED) is 0.703. The minimum Gasteiger partial charge on any atom is -0.287 e. The predicted octanol–water partition coefficient (Wildman–Crippen LogP) is 4.54. The summed E-state index contributed by atoms with van der Waals surface area (Å²) in [6, 6.07) is 14.0. The summed E-state index contributed by atoms with van der Waals surface area (Å²) >= 11 is 0. The van der Waals surface area contributed by atoms with Crippen LogP contribution >= 0.6 is 7.82 Å². The van der Waals surface area contributed by atoms with Crippen molar-refractivity contribution in [3.63, 3.8) is 0 Å². The van der Waals surface area contributed by atoms with Gasteiger partial charge in [-0.2, -0.15) is 0 Å². The minimum absolute atomic E-state index is 0.197. The summed E-state index contributed by atoms with van der Waals surface area (Å²) in [5, 5.41) is 2.28. The Bertz CT molecular complexity index is 602. The van der Waals surface area contributed by atoms with E-state index in [1.54, 1.807) is 13.8 Å². The molecule has 5 heteroatoms. The third kappa shape index (κ3) is 3.90. The molecule has 108 valence electrons. The molecule has 2 aromatic carbocycles. The molecule has 0 radical (unpaired) electrons. The molecule has 0 aromatic heterocycles. The van der Waals surface area contributed by atoms with Crippen LogP contribution in [0.1, 0.15) is 19.4 Å². The van der Waals surface area contributed by atoms with E-state index >= 15 is 0 Å². The monoisotopic (exact) mass is 294 g/mol. The van der Waals surface area contributed by atoms with Gasteiger partial charge in [-0.15, -0.1) is 0 Å². The van der Waals surface area contributed by atoms with Crippen LogP contribution in [0.5, 0.6) is 0 Å². The molecule has 0 amide bonds. The summed E-state index contributed by atoms with van der Waals surface area (Å²) in [5.41, 5.74) is 0.934. The molecule has 0 fully saturated rings. The molecular formula is C15H19O4P. The van der Waals surface area contributed by atoms with Gasteiger partial charge >= 0.3 is 7.82 Å². The Labute approximate surface area is 119 Å². The van der Waals surface area contributed by atoms with Crippen LogP contribution in [0.25, 0.3) is 10.8 Å². The number of hydrogen-bond acceptors (Lipinski definition) is 4. The highest BCUT2D eigenvalue weighted by Gasteiger charge is 2.25. The Kier molecular flexibility index (Phi) is 5.32. The van der Waals surface area contributed by atoms with Crippen molar-refractivity contribution in [2.75, 3.05) is 13.2 Å². The second kappa shape index (κ2) is 7.00. The third-order valence-corrected chi connectivity index (χ3v) is 4.37. The van der Waals surface area contributed by atoms with Gasteiger partial charge in [-0.1, -0.05) is 36.4 Å². The van der Waals surface area contributed by atoms with Crippen molar-refractivity contribution in [3.05, 3.63) is 48.0 Å². The molecule has 0 aliphatic carbocycles. The van der Waals surface area contributed by atoms with Crippen LogP contribution in [0.4, 0.5) is 0 Å². The van der Waals surface area contributed by atoms with Gasteiger partial charge in [-0.05, 0) is 36.2 Å². The number of hydrogen-bond donors (Lipinski definition) is 0. The van der Waals surface area contributed by atoms with Crippen molar-refractivity contribution in [1.29, 1.82) is 0 Å². The molecule has 0 unspecified atom stereocenters. The lowest BCUT2D eigenvalue weighted by atomic mass is 10.1. The van der Waals surface area contributed by atoms with E-state index in [9.17, 15) is 4.57 Å². The number of fused-ring (bicyclic) bond motifs is 1. The first-order valence-electron chi connectivity index (χ1n) is 6.68. The summed E-state index contributed by atoms with van der Waals surface area (Å²) in [4.78, 5) is 0. The van der Waals surface area contributed by atoms with Crippen molar-refractivity contribution in [1.82, 2.24) is 0 Å². The molecule has 2 rings (SSSR count). The number of benzene rings is 2. The van der Waals surface area contributed by atoms with Crippen LogP contribution in [-0.2, 0) is 24.7 Å². The summed E-state index contributed by atoms with van der Waals surface area (Å²) in [5.74, 6) is 0. The molecule has 0 aliphatic rings. The zero-order valence-corrected chi connectivity index (χ0v) is 12.6. The second-order valence-corrected chi connectivity index (χ2v) is 5.91. The van der Waals surface area contributed by atoms with Crippen LogP contribution in [0, 0.1) is 0 Å². The first-order valence-corrected chi connectivity index (χ1v) is 8.14. The standard InChI is InChI=1S/C15H19O4P/c1-3-17-20(16,18-4-2)19-12-13-9-10-14-7-5-6-8-15(14)11-13/h5-11H,3-4,12H2,1-2H3. The molecule has 0 heterocycles. The molecule has 0 bridgehead atoms. The molecule has 0 saturated carbocycles. The smallest absolute Gasteiger partial charge is 0.287 e. The van der Waals surface area contributed by atoms with Gasteiger partial charge in [0.05, 0.1) is 19.8 Å². The van der Waals surface area contributed by atoms with E-state index in [4.69, 9.17) is 13.6 Å². The number of phosphoric acid groups is 1.